The largest absolute Gasteiger partial charge is 0.346 e. The van der Waals surface area contributed by atoms with Gasteiger partial charge >= 0.3 is 0 Å². The maximum atomic E-state index is 9.26. The molecule has 0 radical (unpaired) electrons. The number of benzene rings is 1. The fourth-order valence-corrected chi connectivity index (χ4v) is 2.99. The highest BCUT2D eigenvalue weighted by Gasteiger charge is 2.15. The summed E-state index contributed by atoms with van der Waals surface area (Å²) in [4.78, 5) is 0.546. The minimum absolute atomic E-state index is 0.501. The first kappa shape index (κ1) is 15.6. The lowest BCUT2D eigenvalue weighted by atomic mass is 10.1. The van der Waals surface area contributed by atoms with E-state index < -0.39 is 0 Å². The van der Waals surface area contributed by atoms with E-state index in [9.17, 15) is 5.26 Å². The van der Waals surface area contributed by atoms with Crippen LogP contribution in [0.1, 0.15) is 34.1 Å². The van der Waals surface area contributed by atoms with E-state index in [0.29, 0.717) is 26.7 Å². The minimum atomic E-state index is 0.501. The lowest BCUT2D eigenvalue weighted by Crippen LogP contribution is -1.97. The van der Waals surface area contributed by atoms with Crippen molar-refractivity contribution >= 4 is 27.6 Å². The molecule has 4 heteroatoms. The zero-order valence-corrected chi connectivity index (χ0v) is 13.3. The summed E-state index contributed by atoms with van der Waals surface area (Å²) in [5, 5.41) is 22.1. The van der Waals surface area contributed by atoms with Crippen LogP contribution in [0.4, 0.5) is 5.00 Å². The predicted octanol–water partition coefficient (Wildman–Crippen LogP) is 4.92. The Balaban J connectivity index is 2.28. The van der Waals surface area contributed by atoms with Crippen LogP contribution >= 0.6 is 11.3 Å². The Morgan fingerprint density at radius 3 is 2.18 bits per heavy atom. The van der Waals surface area contributed by atoms with Gasteiger partial charge in [-0.3, -0.25) is 0 Å². The molecular weight excluding hydrogens is 290 g/mol. The Hall–Kier alpha value is -2.82. The molecule has 22 heavy (non-hydrogen) atoms. The van der Waals surface area contributed by atoms with Crippen LogP contribution in [0.15, 0.2) is 37.4 Å². The average molecular weight is 305 g/mol. The molecule has 0 aliphatic rings. The van der Waals surface area contributed by atoms with Crippen LogP contribution in [-0.2, 0) is 0 Å². The predicted molar refractivity (Wildman–Crippen MR) is 92.3 cm³/mol. The van der Waals surface area contributed by atoms with Crippen LogP contribution in [0.25, 0.3) is 11.3 Å². The van der Waals surface area contributed by atoms with Crippen LogP contribution in [-0.4, -0.2) is 0 Å². The first-order valence-corrected chi connectivity index (χ1v) is 7.45. The summed E-state index contributed by atoms with van der Waals surface area (Å²) in [5.74, 6) is 0. The molecule has 0 spiro atoms. The Labute approximate surface area is 134 Å². The van der Waals surface area contributed by atoms with Crippen molar-refractivity contribution in [1.29, 1.82) is 10.5 Å². The lowest BCUT2D eigenvalue weighted by molar-refractivity contribution is 1.41. The quantitative estimate of drug-likeness (QED) is 0.872. The molecule has 1 N–H and O–H groups in total. The van der Waals surface area contributed by atoms with Crippen molar-refractivity contribution in [2.45, 2.75) is 13.8 Å². The zero-order valence-electron chi connectivity index (χ0n) is 12.5. The molecule has 2 aromatic rings. The summed E-state index contributed by atoms with van der Waals surface area (Å²) >= 11 is 1.27. The van der Waals surface area contributed by atoms with Crippen molar-refractivity contribution in [3.05, 3.63) is 64.6 Å². The lowest BCUT2D eigenvalue weighted by Gasteiger charge is -2.09. The minimum Gasteiger partial charge on any atom is -0.346 e. The molecule has 0 unspecified atom stereocenters. The van der Waals surface area contributed by atoms with Crippen LogP contribution in [0.2, 0.25) is 0 Å². The number of thiophene rings is 1. The molecule has 0 bridgehead atoms. The number of allylic oxidation sites excluding steroid dienone is 1. The van der Waals surface area contributed by atoms with Crippen LogP contribution < -0.4 is 5.32 Å². The number of hydrogen-bond acceptors (Lipinski definition) is 4. The zero-order chi connectivity index (χ0) is 16.3. The van der Waals surface area contributed by atoms with Gasteiger partial charge in [-0.25, -0.2) is 0 Å². The second-order valence-corrected chi connectivity index (χ2v) is 5.97. The number of hydrogen-bond donors (Lipinski definition) is 1. The molecule has 0 aliphatic heterocycles. The second-order valence-electron chi connectivity index (χ2n) is 4.95. The van der Waals surface area contributed by atoms with E-state index in [2.05, 4.69) is 30.6 Å². The smallest absolute Gasteiger partial charge is 0.112 e. The first-order valence-electron chi connectivity index (χ1n) is 6.63. The maximum Gasteiger partial charge on any atom is 0.112 e. The maximum absolute atomic E-state index is 9.26. The molecular formula is C18H15N3S. The van der Waals surface area contributed by atoms with Crippen molar-refractivity contribution in [2.24, 2.45) is 0 Å². The SMILES string of the molecule is C=C(C)c1ccc(C(=C)Nc2sc(C#N)c(C)c2C#N)cc1. The fraction of sp³-hybridized carbons (Fsp3) is 0.111. The highest BCUT2D eigenvalue weighted by Crippen LogP contribution is 2.33. The summed E-state index contributed by atoms with van der Waals surface area (Å²) in [6, 6.07) is 12.1. The summed E-state index contributed by atoms with van der Waals surface area (Å²) in [6.45, 7) is 11.7. The van der Waals surface area contributed by atoms with Gasteiger partial charge < -0.3 is 5.32 Å². The fourth-order valence-electron chi connectivity index (χ4n) is 2.01. The highest BCUT2D eigenvalue weighted by molar-refractivity contribution is 7.17. The Kier molecular flexibility index (Phi) is 4.46. The van der Waals surface area contributed by atoms with Crippen molar-refractivity contribution in [3.8, 4) is 12.1 Å². The molecule has 0 atom stereocenters. The van der Waals surface area contributed by atoms with Crippen molar-refractivity contribution < 1.29 is 0 Å². The molecule has 0 saturated heterocycles. The standard InChI is InChI=1S/C18H15N3S/c1-11(2)14-5-7-15(8-6-14)13(4)21-18-16(9-19)12(3)17(10-20)22-18/h5-8,21H,1,4H2,2-3H3. The van der Waals surface area contributed by atoms with Crippen LogP contribution in [0.5, 0.6) is 0 Å². The van der Waals surface area contributed by atoms with Gasteiger partial charge in [-0.2, -0.15) is 10.5 Å². The molecule has 1 aromatic heterocycles. The number of nitrogens with zero attached hydrogens (tertiary/aromatic N) is 2. The third-order valence-electron chi connectivity index (χ3n) is 3.35. The number of nitriles is 2. The molecule has 3 nitrogen and oxygen atoms in total. The van der Waals surface area contributed by atoms with Gasteiger partial charge in [-0.15, -0.1) is 11.3 Å². The van der Waals surface area contributed by atoms with Crippen LogP contribution in [0.3, 0.4) is 0 Å². The molecule has 1 heterocycles. The van der Waals surface area contributed by atoms with Gasteiger partial charge in [-0.05, 0) is 30.5 Å². The molecule has 2 rings (SSSR count). The topological polar surface area (TPSA) is 59.6 Å². The van der Waals surface area contributed by atoms with E-state index in [4.69, 9.17) is 5.26 Å². The van der Waals surface area contributed by atoms with E-state index in [1.807, 2.05) is 31.2 Å². The van der Waals surface area contributed by atoms with Crippen LogP contribution in [0, 0.1) is 29.6 Å². The van der Waals surface area contributed by atoms with E-state index in [1.165, 1.54) is 11.3 Å². The second kappa shape index (κ2) is 6.30. The number of anilines is 1. The summed E-state index contributed by atoms with van der Waals surface area (Å²) < 4.78 is 0. The van der Waals surface area contributed by atoms with Crippen molar-refractivity contribution in [3.63, 3.8) is 0 Å². The molecule has 1 aromatic carbocycles. The highest BCUT2D eigenvalue weighted by atomic mass is 32.1. The summed E-state index contributed by atoms with van der Waals surface area (Å²) in [5.41, 5.74) is 4.91. The van der Waals surface area contributed by atoms with Gasteiger partial charge in [0.05, 0.1) is 5.56 Å². The van der Waals surface area contributed by atoms with E-state index >= 15 is 0 Å². The normalized spacial score (nSPS) is 9.64. The van der Waals surface area contributed by atoms with E-state index in [-0.39, 0.29) is 0 Å². The molecule has 0 saturated carbocycles. The van der Waals surface area contributed by atoms with Gasteiger partial charge in [0.1, 0.15) is 22.0 Å². The van der Waals surface area contributed by atoms with E-state index in [0.717, 1.165) is 16.7 Å². The first-order chi connectivity index (χ1) is 10.5. The third-order valence-corrected chi connectivity index (χ3v) is 4.46. The van der Waals surface area contributed by atoms with Gasteiger partial charge in [0.25, 0.3) is 0 Å². The average Bonchev–Trinajstić information content (AvgIpc) is 2.82. The number of rotatable bonds is 4. The summed E-state index contributed by atoms with van der Waals surface area (Å²) in [6.07, 6.45) is 0. The summed E-state index contributed by atoms with van der Waals surface area (Å²) in [7, 11) is 0. The monoisotopic (exact) mass is 305 g/mol. The molecule has 0 aliphatic carbocycles. The Morgan fingerprint density at radius 1 is 1.09 bits per heavy atom. The van der Waals surface area contributed by atoms with Crippen molar-refractivity contribution in [2.75, 3.05) is 5.32 Å². The van der Waals surface area contributed by atoms with E-state index in [1.54, 1.807) is 6.92 Å². The molecule has 0 amide bonds. The van der Waals surface area contributed by atoms with Gasteiger partial charge in [-0.1, -0.05) is 43.0 Å². The Morgan fingerprint density at radius 2 is 1.68 bits per heavy atom. The van der Waals surface area contributed by atoms with Gasteiger partial charge in [0.2, 0.25) is 0 Å². The number of nitrogens with one attached hydrogen (secondary N) is 1. The molecule has 108 valence electrons. The molecule has 0 fully saturated rings. The van der Waals surface area contributed by atoms with Gasteiger partial charge in [0, 0.05) is 5.70 Å². The van der Waals surface area contributed by atoms with Gasteiger partial charge in [0.15, 0.2) is 0 Å². The Bertz CT molecular complexity index is 827. The van der Waals surface area contributed by atoms with Crippen molar-refractivity contribution in [1.82, 2.24) is 0 Å². The third kappa shape index (κ3) is 2.93.